The summed E-state index contributed by atoms with van der Waals surface area (Å²) >= 11 is 0. The maximum atomic E-state index is 14.7. The van der Waals surface area contributed by atoms with E-state index in [2.05, 4.69) is 21.3 Å². The van der Waals surface area contributed by atoms with Gasteiger partial charge in [-0.25, -0.2) is 0 Å². The van der Waals surface area contributed by atoms with Gasteiger partial charge in [-0.15, -0.1) is 0 Å². The van der Waals surface area contributed by atoms with E-state index in [1.807, 2.05) is 267 Å². The number of esters is 4. The molecular formula is C118H136N4O24. The third-order valence-corrected chi connectivity index (χ3v) is 24.1. The van der Waals surface area contributed by atoms with Crippen molar-refractivity contribution in [2.75, 3.05) is 53.9 Å². The van der Waals surface area contributed by atoms with Gasteiger partial charge in [0, 0.05) is 115 Å². The Morgan fingerprint density at radius 2 is 0.479 bits per heavy atom. The molecule has 28 heteroatoms. The number of benzene rings is 10. The zero-order chi connectivity index (χ0) is 104. The summed E-state index contributed by atoms with van der Waals surface area (Å²) in [6.45, 7) is 5.59. The lowest BCUT2D eigenvalue weighted by atomic mass is 9.89. The standard InChI is InChI=1S/2C59H68N2O12/c2*1-43(62)36-50(37-45-25-28-51(29-26-45)71-40-46-18-9-4-10-19-46)59(68)61-53(38-44-16-7-3-8-17-44)55(64)39-49(27-31-56(65)72-41-47-20-11-5-12-21-47)58(67)60-52(54(63)24-15-33-70-35-34-69-2)30-32-57(66)73-42-48-22-13-6-14-23-48/h2*3-14,16-23,25-26,28-29,49-50,52-53H,15,24,27,30-42H2,1-2H3,(H,60,67)(H,61,68)/t2*49-,50+,52-,53-/m11/s1. The smallest absolute Gasteiger partial charge is 0.306 e. The largest absolute Gasteiger partial charge is 0.489 e. The number of carbonyl (C=O) groups excluding carboxylic acids is 14. The Bertz CT molecular complexity index is 5290. The predicted molar refractivity (Wildman–Crippen MR) is 549 cm³/mol. The zero-order valence-corrected chi connectivity index (χ0v) is 83.8. The van der Waals surface area contributed by atoms with Crippen molar-refractivity contribution in [1.29, 1.82) is 0 Å². The molecule has 0 radical (unpaired) electrons. The van der Waals surface area contributed by atoms with Crippen molar-refractivity contribution < 1.29 is 114 Å². The van der Waals surface area contributed by atoms with Crippen molar-refractivity contribution >= 4 is 82.2 Å². The number of ketones is 6. The summed E-state index contributed by atoms with van der Waals surface area (Å²) in [7, 11) is 3.11. The van der Waals surface area contributed by atoms with E-state index in [1.54, 1.807) is 38.5 Å². The summed E-state index contributed by atoms with van der Waals surface area (Å²) < 4.78 is 55.1. The first-order valence-electron chi connectivity index (χ1n) is 49.7. The topological polar surface area (TPSA) is 379 Å². The molecule has 0 aliphatic heterocycles. The molecule has 0 aromatic heterocycles. The quantitative estimate of drug-likeness (QED) is 0.0156. The second kappa shape index (κ2) is 66.4. The Kier molecular flexibility index (Phi) is 52.3. The van der Waals surface area contributed by atoms with Crippen molar-refractivity contribution in [2.45, 2.75) is 206 Å². The third kappa shape index (κ3) is 46.0. The lowest BCUT2D eigenvalue weighted by Crippen LogP contribution is -2.48. The number of ether oxygens (including phenoxy) is 10. The lowest BCUT2D eigenvalue weighted by Gasteiger charge is -2.25. The summed E-state index contributed by atoms with van der Waals surface area (Å²) in [5, 5.41) is 11.5. The zero-order valence-electron chi connectivity index (χ0n) is 83.8. The molecule has 10 aromatic carbocycles. The molecule has 0 saturated heterocycles. The van der Waals surface area contributed by atoms with Crippen LogP contribution in [0.15, 0.2) is 291 Å². The fourth-order valence-electron chi connectivity index (χ4n) is 16.0. The predicted octanol–water partition coefficient (Wildman–Crippen LogP) is 16.5. The Hall–Kier alpha value is -14.6. The van der Waals surface area contributed by atoms with Gasteiger partial charge in [-0.3, -0.25) is 57.5 Å². The van der Waals surface area contributed by atoms with E-state index >= 15 is 0 Å². The van der Waals surface area contributed by atoms with Crippen molar-refractivity contribution in [3.63, 3.8) is 0 Å². The van der Waals surface area contributed by atoms with Crippen LogP contribution < -0.4 is 30.7 Å². The maximum Gasteiger partial charge on any atom is 0.306 e. The number of carbonyl (C=O) groups is 14. The minimum atomic E-state index is -1.17. The third-order valence-electron chi connectivity index (χ3n) is 24.1. The van der Waals surface area contributed by atoms with Gasteiger partial charge in [0.15, 0.2) is 23.1 Å². The highest BCUT2D eigenvalue weighted by Gasteiger charge is 2.36. The maximum absolute atomic E-state index is 14.7. The summed E-state index contributed by atoms with van der Waals surface area (Å²) in [6.07, 6.45) is -1.11. The molecule has 146 heavy (non-hydrogen) atoms. The fourth-order valence-corrected chi connectivity index (χ4v) is 16.0. The first kappa shape index (κ1) is 115. The van der Waals surface area contributed by atoms with E-state index in [0.717, 1.165) is 55.6 Å². The molecule has 0 aliphatic carbocycles. The minimum absolute atomic E-state index is 0.000386. The fraction of sp³-hybridized carbons (Fsp3) is 0.373. The van der Waals surface area contributed by atoms with Crippen LogP contribution in [0.5, 0.6) is 11.5 Å². The average molecular weight is 1990 g/mol. The molecule has 0 heterocycles. The van der Waals surface area contributed by atoms with Crippen LogP contribution in [0.3, 0.4) is 0 Å². The van der Waals surface area contributed by atoms with Gasteiger partial charge in [-0.1, -0.05) is 267 Å². The highest BCUT2D eigenvalue weighted by molar-refractivity contribution is 5.98. The van der Waals surface area contributed by atoms with Gasteiger partial charge in [0.05, 0.1) is 50.6 Å². The molecule has 0 aliphatic rings. The van der Waals surface area contributed by atoms with E-state index in [4.69, 9.17) is 47.4 Å². The number of amides is 4. The van der Waals surface area contributed by atoms with E-state index in [0.29, 0.717) is 64.0 Å². The van der Waals surface area contributed by atoms with Gasteiger partial charge in [0.25, 0.3) is 0 Å². The van der Waals surface area contributed by atoms with Gasteiger partial charge >= 0.3 is 23.9 Å². The van der Waals surface area contributed by atoms with Gasteiger partial charge < -0.3 is 78.2 Å². The highest BCUT2D eigenvalue weighted by Crippen LogP contribution is 2.27. The van der Waals surface area contributed by atoms with Gasteiger partial charge in [0.1, 0.15) is 62.7 Å². The Morgan fingerprint density at radius 3 is 0.753 bits per heavy atom. The normalized spacial score (nSPS) is 12.6. The van der Waals surface area contributed by atoms with Crippen LogP contribution in [0.1, 0.15) is 172 Å². The lowest BCUT2D eigenvalue weighted by molar-refractivity contribution is -0.147. The van der Waals surface area contributed by atoms with E-state index in [-0.39, 0.29) is 166 Å². The molecule has 0 bridgehead atoms. The number of hydrogen-bond donors (Lipinski definition) is 4. The van der Waals surface area contributed by atoms with Crippen LogP contribution in [0, 0.1) is 23.7 Å². The summed E-state index contributed by atoms with van der Waals surface area (Å²) in [5.41, 5.74) is 8.15. The van der Waals surface area contributed by atoms with Gasteiger partial charge in [-0.05, 0) is 158 Å². The molecule has 4 N–H and O–H groups in total. The average Bonchev–Trinajstić information content (AvgIpc) is 0.847. The molecular weight excluding hydrogens is 1860 g/mol. The van der Waals surface area contributed by atoms with Gasteiger partial charge in [-0.2, -0.15) is 0 Å². The molecule has 0 saturated carbocycles. The molecule has 8 atom stereocenters. The van der Waals surface area contributed by atoms with Crippen LogP contribution in [0.4, 0.5) is 0 Å². The molecule has 10 rings (SSSR count). The van der Waals surface area contributed by atoms with E-state index in [1.165, 1.54) is 13.8 Å². The number of nitrogens with one attached hydrogen (secondary N) is 4. The van der Waals surface area contributed by atoms with Crippen LogP contribution in [-0.2, 0) is 170 Å². The number of hydrogen-bond acceptors (Lipinski definition) is 24. The Labute approximate surface area is 855 Å². The van der Waals surface area contributed by atoms with Crippen LogP contribution in [0.2, 0.25) is 0 Å². The van der Waals surface area contributed by atoms with Crippen molar-refractivity contribution in [3.8, 4) is 11.5 Å². The van der Waals surface area contributed by atoms with E-state index < -0.39 is 120 Å². The Morgan fingerprint density at radius 1 is 0.233 bits per heavy atom. The SMILES string of the molecule is COCCOCCCC(=O)[C@@H](CCC(=O)OCc1ccccc1)NC(=O)[C@H](CCC(=O)OCc1ccccc1)CC(=O)[C@@H](Cc1ccccc1)NC(=O)[C@@H](CC(C)=O)Cc1ccc(OCc2ccccc2)cc1.COCCOCCCC(=O)[C@@H](CCC(=O)OCc1ccccc1)NC(=O)[C@H](CCC(=O)OCc1ccccc1)CC(=O)[C@@H](Cc1ccccc1)NC(=O)[C@@H](CC(C)=O)Cc1ccc(OCc2ccccc2)cc1. The highest BCUT2D eigenvalue weighted by atomic mass is 16.6. The number of rotatable bonds is 68. The molecule has 28 nitrogen and oxygen atoms in total. The van der Waals surface area contributed by atoms with Crippen LogP contribution in [-0.4, -0.2) is 160 Å². The van der Waals surface area contributed by atoms with Crippen molar-refractivity contribution in [2.24, 2.45) is 23.7 Å². The van der Waals surface area contributed by atoms with Crippen LogP contribution >= 0.6 is 0 Å². The van der Waals surface area contributed by atoms with Crippen molar-refractivity contribution in [1.82, 2.24) is 21.3 Å². The number of Topliss-reactive ketones (excluding diaryl/α,β-unsaturated/α-hetero) is 6. The monoisotopic (exact) mass is 1990 g/mol. The molecule has 4 amide bonds. The van der Waals surface area contributed by atoms with Gasteiger partial charge in [0.2, 0.25) is 23.6 Å². The van der Waals surface area contributed by atoms with Crippen LogP contribution in [0.25, 0.3) is 0 Å². The Balaban J connectivity index is 0.000000325. The molecule has 0 fully saturated rings. The molecule has 0 spiro atoms. The molecule has 772 valence electrons. The first-order chi connectivity index (χ1) is 70.9. The first-order valence-corrected chi connectivity index (χ1v) is 49.7. The summed E-state index contributed by atoms with van der Waals surface area (Å²) in [5.74, 6) is -9.63. The second-order valence-electron chi connectivity index (χ2n) is 35.9. The second-order valence-corrected chi connectivity index (χ2v) is 35.9. The summed E-state index contributed by atoms with van der Waals surface area (Å²) in [4.78, 5) is 192. The molecule has 0 unspecified atom stereocenters. The summed E-state index contributed by atoms with van der Waals surface area (Å²) in [6, 6.07) is 84.1. The molecule has 10 aromatic rings. The number of methoxy groups -OCH3 is 2. The minimum Gasteiger partial charge on any atom is -0.489 e. The van der Waals surface area contributed by atoms with Crippen molar-refractivity contribution in [3.05, 3.63) is 347 Å². The van der Waals surface area contributed by atoms with E-state index in [9.17, 15) is 67.1 Å².